The van der Waals surface area contributed by atoms with Gasteiger partial charge in [0.05, 0.1) is 0 Å². The Labute approximate surface area is 99.7 Å². The van der Waals surface area contributed by atoms with Gasteiger partial charge in [0, 0.05) is 27.3 Å². The van der Waals surface area contributed by atoms with Gasteiger partial charge in [0.25, 0.3) is 0 Å². The molecule has 2 rings (SSSR count). The highest BCUT2D eigenvalue weighted by Gasteiger charge is 2.35. The average Bonchev–Trinajstić information content (AvgIpc) is 2.38. The van der Waals surface area contributed by atoms with Crippen molar-refractivity contribution in [1.82, 2.24) is 0 Å². The van der Waals surface area contributed by atoms with Crippen LogP contribution in [0.2, 0.25) is 0 Å². The molecule has 0 unspecified atom stereocenters. The Morgan fingerprint density at radius 3 is 2.50 bits per heavy atom. The maximum Gasteiger partial charge on any atom is 0.165 e. The first-order valence-electron chi connectivity index (χ1n) is 5.48. The van der Waals surface area contributed by atoms with Crippen molar-refractivity contribution in [1.29, 1.82) is 0 Å². The van der Waals surface area contributed by atoms with Crippen molar-refractivity contribution >= 4 is 22.9 Å². The number of thiophene rings is 1. The molecular weight excluding hydrogens is 220 g/mol. The lowest BCUT2D eigenvalue weighted by atomic mass is 9.76. The number of fused-ring (bicyclic) bond motifs is 1. The lowest BCUT2D eigenvalue weighted by molar-refractivity contribution is 0.0903. The van der Waals surface area contributed by atoms with E-state index in [4.69, 9.17) is 0 Å². The van der Waals surface area contributed by atoms with Crippen LogP contribution in [0.15, 0.2) is 0 Å². The van der Waals surface area contributed by atoms with Crippen molar-refractivity contribution < 1.29 is 9.59 Å². The number of carbonyl (C=O) groups is 2. The standard InChI is InChI=1S/C13H16O2S/c1-7(14)11-8(2)16-10-6-13(3,4)5-9(15)12(10)11/h5-6H2,1-4H3. The van der Waals surface area contributed by atoms with Gasteiger partial charge in [-0.3, -0.25) is 9.59 Å². The molecule has 3 heteroatoms. The third-order valence-electron chi connectivity index (χ3n) is 3.07. The molecule has 0 aromatic carbocycles. The number of Topliss-reactive ketones (excluding diaryl/α,β-unsaturated/α-hetero) is 2. The van der Waals surface area contributed by atoms with E-state index in [1.165, 1.54) is 0 Å². The summed E-state index contributed by atoms with van der Waals surface area (Å²) in [4.78, 5) is 25.7. The van der Waals surface area contributed by atoms with Gasteiger partial charge in [-0.2, -0.15) is 0 Å². The molecule has 2 nitrogen and oxygen atoms in total. The lowest BCUT2D eigenvalue weighted by Gasteiger charge is -2.28. The van der Waals surface area contributed by atoms with Crippen molar-refractivity contribution in [3.63, 3.8) is 0 Å². The zero-order chi connectivity index (χ0) is 12.1. The molecule has 0 radical (unpaired) electrons. The normalized spacial score (nSPS) is 18.4. The largest absolute Gasteiger partial charge is 0.294 e. The number of aryl methyl sites for hydroxylation is 1. The van der Waals surface area contributed by atoms with Gasteiger partial charge in [0.15, 0.2) is 11.6 Å². The van der Waals surface area contributed by atoms with Crippen LogP contribution in [0.25, 0.3) is 0 Å². The Bertz CT molecular complexity index is 480. The zero-order valence-electron chi connectivity index (χ0n) is 10.1. The molecule has 0 aliphatic heterocycles. The molecule has 0 saturated carbocycles. The molecular formula is C13H16O2S. The maximum atomic E-state index is 12.1. The molecule has 1 heterocycles. The van der Waals surface area contributed by atoms with E-state index in [-0.39, 0.29) is 17.0 Å². The molecule has 0 atom stereocenters. The number of rotatable bonds is 1. The minimum atomic E-state index is 0.0167. The van der Waals surface area contributed by atoms with E-state index >= 15 is 0 Å². The predicted molar refractivity (Wildman–Crippen MR) is 65.5 cm³/mol. The Balaban J connectivity index is 2.62. The summed E-state index contributed by atoms with van der Waals surface area (Å²) in [6, 6.07) is 0. The van der Waals surface area contributed by atoms with Crippen LogP contribution in [-0.2, 0) is 6.42 Å². The van der Waals surface area contributed by atoms with Gasteiger partial charge in [0.2, 0.25) is 0 Å². The third-order valence-corrected chi connectivity index (χ3v) is 4.17. The third kappa shape index (κ3) is 1.73. The van der Waals surface area contributed by atoms with E-state index in [1.54, 1.807) is 18.3 Å². The first-order valence-corrected chi connectivity index (χ1v) is 6.30. The number of hydrogen-bond acceptors (Lipinski definition) is 3. The van der Waals surface area contributed by atoms with Crippen LogP contribution >= 0.6 is 11.3 Å². The molecule has 0 saturated heterocycles. The minimum Gasteiger partial charge on any atom is -0.294 e. The summed E-state index contributed by atoms with van der Waals surface area (Å²) >= 11 is 1.61. The molecule has 0 N–H and O–H groups in total. The molecule has 0 fully saturated rings. The summed E-state index contributed by atoms with van der Waals surface area (Å²) in [5.74, 6) is 0.156. The fourth-order valence-electron chi connectivity index (χ4n) is 2.47. The second-order valence-electron chi connectivity index (χ2n) is 5.33. The zero-order valence-corrected chi connectivity index (χ0v) is 11.0. The van der Waals surface area contributed by atoms with Gasteiger partial charge in [-0.25, -0.2) is 0 Å². The fraction of sp³-hybridized carbons (Fsp3) is 0.538. The van der Waals surface area contributed by atoms with Gasteiger partial charge < -0.3 is 0 Å². The van der Waals surface area contributed by atoms with E-state index in [0.29, 0.717) is 17.5 Å². The Hall–Kier alpha value is -0.960. The van der Waals surface area contributed by atoms with Crippen LogP contribution in [0.1, 0.15) is 57.7 Å². The smallest absolute Gasteiger partial charge is 0.165 e. The van der Waals surface area contributed by atoms with Crippen molar-refractivity contribution in [2.75, 3.05) is 0 Å². The van der Waals surface area contributed by atoms with Crippen LogP contribution in [0.4, 0.5) is 0 Å². The van der Waals surface area contributed by atoms with Crippen molar-refractivity contribution in [2.24, 2.45) is 5.41 Å². The second kappa shape index (κ2) is 3.52. The van der Waals surface area contributed by atoms with Gasteiger partial charge in [-0.1, -0.05) is 13.8 Å². The Kier molecular flexibility index (Phi) is 2.54. The van der Waals surface area contributed by atoms with Crippen molar-refractivity contribution in [3.8, 4) is 0 Å². The molecule has 86 valence electrons. The summed E-state index contributed by atoms with van der Waals surface area (Å²) in [6.07, 6.45) is 1.46. The predicted octanol–water partition coefficient (Wildman–Crippen LogP) is 3.41. The summed E-state index contributed by atoms with van der Waals surface area (Å²) in [5, 5.41) is 0. The highest BCUT2D eigenvalue weighted by atomic mass is 32.1. The van der Waals surface area contributed by atoms with Crippen LogP contribution in [0.3, 0.4) is 0 Å². The second-order valence-corrected chi connectivity index (χ2v) is 6.64. The first-order chi connectivity index (χ1) is 7.32. The molecule has 0 bridgehead atoms. The van der Waals surface area contributed by atoms with E-state index in [1.807, 2.05) is 6.92 Å². The summed E-state index contributed by atoms with van der Waals surface area (Å²) in [7, 11) is 0. The minimum absolute atomic E-state index is 0.0167. The summed E-state index contributed by atoms with van der Waals surface area (Å²) in [6.45, 7) is 7.69. The maximum absolute atomic E-state index is 12.1. The Morgan fingerprint density at radius 2 is 1.94 bits per heavy atom. The number of hydrogen-bond donors (Lipinski definition) is 0. The number of ketones is 2. The van der Waals surface area contributed by atoms with E-state index in [2.05, 4.69) is 13.8 Å². The summed E-state index contributed by atoms with van der Waals surface area (Å²) < 4.78 is 0. The molecule has 1 aromatic rings. The quantitative estimate of drug-likeness (QED) is 0.700. The summed E-state index contributed by atoms with van der Waals surface area (Å²) in [5.41, 5.74) is 1.42. The van der Waals surface area contributed by atoms with E-state index in [0.717, 1.165) is 16.2 Å². The van der Waals surface area contributed by atoms with Crippen LogP contribution < -0.4 is 0 Å². The molecule has 1 aliphatic carbocycles. The van der Waals surface area contributed by atoms with Crippen LogP contribution in [-0.4, -0.2) is 11.6 Å². The lowest BCUT2D eigenvalue weighted by Crippen LogP contribution is -2.26. The number of carbonyl (C=O) groups excluding carboxylic acids is 2. The topological polar surface area (TPSA) is 34.1 Å². The van der Waals surface area contributed by atoms with Gasteiger partial charge in [-0.15, -0.1) is 11.3 Å². The SMILES string of the molecule is CC(=O)c1c(C)sc2c1C(=O)CC(C)(C)C2. The monoisotopic (exact) mass is 236 g/mol. The van der Waals surface area contributed by atoms with Crippen molar-refractivity contribution in [3.05, 3.63) is 20.9 Å². The van der Waals surface area contributed by atoms with Gasteiger partial charge in [0.1, 0.15) is 0 Å². The van der Waals surface area contributed by atoms with Gasteiger partial charge in [-0.05, 0) is 25.7 Å². The molecule has 16 heavy (non-hydrogen) atoms. The highest BCUT2D eigenvalue weighted by molar-refractivity contribution is 7.12. The van der Waals surface area contributed by atoms with Gasteiger partial charge >= 0.3 is 0 Å². The first kappa shape index (κ1) is 11.5. The average molecular weight is 236 g/mol. The van der Waals surface area contributed by atoms with Crippen LogP contribution in [0, 0.1) is 12.3 Å². The van der Waals surface area contributed by atoms with Crippen molar-refractivity contribution in [2.45, 2.75) is 40.5 Å². The van der Waals surface area contributed by atoms with E-state index < -0.39 is 0 Å². The molecule has 1 aromatic heterocycles. The molecule has 0 spiro atoms. The van der Waals surface area contributed by atoms with E-state index in [9.17, 15) is 9.59 Å². The highest BCUT2D eigenvalue weighted by Crippen LogP contribution is 2.41. The molecule has 0 amide bonds. The molecule has 1 aliphatic rings. The fourth-order valence-corrected chi connectivity index (χ4v) is 3.96. The van der Waals surface area contributed by atoms with Crippen LogP contribution in [0.5, 0.6) is 0 Å². The Morgan fingerprint density at radius 1 is 1.31 bits per heavy atom.